The Bertz CT molecular complexity index is 649. The Morgan fingerprint density at radius 3 is 2.88 bits per heavy atom. The van der Waals surface area contributed by atoms with Gasteiger partial charge in [-0.15, -0.1) is 0 Å². The molecule has 3 N–H and O–H groups in total. The molecule has 0 aliphatic carbocycles. The Morgan fingerprint density at radius 2 is 2.06 bits per heavy atom. The van der Waals surface area contributed by atoms with Crippen LogP contribution in [0, 0.1) is 0 Å². The number of nitrogens with zero attached hydrogens (tertiary/aromatic N) is 2. The van der Waals surface area contributed by atoms with Crippen LogP contribution in [0.3, 0.4) is 0 Å². The topological polar surface area (TPSA) is 67.6 Å². The van der Waals surface area contributed by atoms with Crippen molar-refractivity contribution in [2.45, 2.75) is 10.1 Å². The van der Waals surface area contributed by atoms with E-state index >= 15 is 0 Å². The summed E-state index contributed by atoms with van der Waals surface area (Å²) < 4.78 is 0. The van der Waals surface area contributed by atoms with Crippen molar-refractivity contribution in [2.75, 3.05) is 5.73 Å². The van der Waals surface area contributed by atoms with Crippen LogP contribution in [0.5, 0.6) is 0 Å². The molecule has 0 radical (unpaired) electrons. The molecule has 0 atom stereocenters. The first-order chi connectivity index (χ1) is 8.34. The Morgan fingerprint density at radius 1 is 1.12 bits per heavy atom. The van der Waals surface area contributed by atoms with Crippen molar-refractivity contribution in [1.29, 1.82) is 0 Å². The SMILES string of the molecule is Nc1ccc(Sc2ncc[nH]2)c2ncccc12. The standard InChI is InChI=1S/C12H10N4S/c13-9-3-4-10(17-12-15-6-7-16-12)11-8(9)2-1-5-14-11/h1-7H,13H2,(H,15,16). The molecule has 84 valence electrons. The van der Waals surface area contributed by atoms with Crippen LogP contribution < -0.4 is 5.73 Å². The molecule has 17 heavy (non-hydrogen) atoms. The van der Waals surface area contributed by atoms with E-state index in [1.165, 1.54) is 0 Å². The van der Waals surface area contributed by atoms with Gasteiger partial charge in [-0.05, 0) is 36.0 Å². The lowest BCUT2D eigenvalue weighted by atomic mass is 10.2. The molecule has 1 aromatic carbocycles. The van der Waals surface area contributed by atoms with Gasteiger partial charge < -0.3 is 10.7 Å². The van der Waals surface area contributed by atoms with Gasteiger partial charge in [0.05, 0.1) is 5.52 Å². The molecule has 0 saturated heterocycles. The van der Waals surface area contributed by atoms with Gasteiger partial charge in [0.25, 0.3) is 0 Å². The van der Waals surface area contributed by atoms with E-state index in [4.69, 9.17) is 5.73 Å². The quantitative estimate of drug-likeness (QED) is 0.678. The fourth-order valence-electron chi connectivity index (χ4n) is 1.66. The van der Waals surface area contributed by atoms with Gasteiger partial charge in [-0.2, -0.15) is 0 Å². The Hall–Kier alpha value is -2.01. The van der Waals surface area contributed by atoms with Crippen LogP contribution >= 0.6 is 11.8 Å². The van der Waals surface area contributed by atoms with Gasteiger partial charge in [0.15, 0.2) is 5.16 Å². The normalized spacial score (nSPS) is 10.8. The highest BCUT2D eigenvalue weighted by Gasteiger charge is 2.07. The van der Waals surface area contributed by atoms with E-state index in [-0.39, 0.29) is 0 Å². The summed E-state index contributed by atoms with van der Waals surface area (Å²) in [7, 11) is 0. The zero-order valence-corrected chi connectivity index (χ0v) is 9.74. The van der Waals surface area contributed by atoms with Gasteiger partial charge in [0.1, 0.15) is 0 Å². The van der Waals surface area contributed by atoms with E-state index in [1.54, 1.807) is 30.4 Å². The van der Waals surface area contributed by atoms with E-state index in [0.717, 1.165) is 26.6 Å². The summed E-state index contributed by atoms with van der Waals surface area (Å²) in [6.45, 7) is 0. The molecule has 0 fully saturated rings. The number of imidazole rings is 1. The lowest BCUT2D eigenvalue weighted by Crippen LogP contribution is -1.90. The number of H-pyrrole nitrogens is 1. The maximum Gasteiger partial charge on any atom is 0.170 e. The van der Waals surface area contributed by atoms with Crippen LogP contribution in [-0.2, 0) is 0 Å². The maximum atomic E-state index is 5.93. The number of pyridine rings is 1. The molecule has 4 nitrogen and oxygen atoms in total. The summed E-state index contributed by atoms with van der Waals surface area (Å²) in [6.07, 6.45) is 5.30. The average Bonchev–Trinajstić information content (AvgIpc) is 2.86. The molecule has 0 spiro atoms. The molecule has 0 aliphatic heterocycles. The third-order valence-corrected chi connectivity index (χ3v) is 3.41. The maximum absolute atomic E-state index is 5.93. The lowest BCUT2D eigenvalue weighted by molar-refractivity contribution is 1.06. The molecule has 0 amide bonds. The second-order valence-corrected chi connectivity index (χ2v) is 4.58. The molecule has 3 rings (SSSR count). The number of aromatic nitrogens is 3. The van der Waals surface area contributed by atoms with Crippen molar-refractivity contribution >= 4 is 28.4 Å². The van der Waals surface area contributed by atoms with Crippen molar-refractivity contribution in [3.8, 4) is 0 Å². The first-order valence-electron chi connectivity index (χ1n) is 5.15. The zero-order chi connectivity index (χ0) is 11.7. The summed E-state index contributed by atoms with van der Waals surface area (Å²) in [5.41, 5.74) is 7.58. The molecule has 5 heteroatoms. The monoisotopic (exact) mass is 242 g/mol. The largest absolute Gasteiger partial charge is 0.398 e. The van der Waals surface area contributed by atoms with Crippen LogP contribution in [0.1, 0.15) is 0 Å². The van der Waals surface area contributed by atoms with Gasteiger partial charge in [0.2, 0.25) is 0 Å². The number of hydrogen-bond donors (Lipinski definition) is 2. The first kappa shape index (κ1) is 10.2. The molecule has 2 aromatic heterocycles. The van der Waals surface area contributed by atoms with Gasteiger partial charge in [-0.25, -0.2) is 4.98 Å². The van der Waals surface area contributed by atoms with Crippen LogP contribution in [0.4, 0.5) is 5.69 Å². The van der Waals surface area contributed by atoms with Crippen LogP contribution in [0.25, 0.3) is 10.9 Å². The minimum Gasteiger partial charge on any atom is -0.398 e. The second-order valence-electron chi connectivity index (χ2n) is 3.55. The van der Waals surface area contributed by atoms with Crippen molar-refractivity contribution in [3.05, 3.63) is 42.9 Å². The number of rotatable bonds is 2. The summed E-state index contributed by atoms with van der Waals surface area (Å²) in [4.78, 5) is 12.7. The Balaban J connectivity index is 2.14. The number of anilines is 1. The van der Waals surface area contributed by atoms with Crippen LogP contribution in [-0.4, -0.2) is 15.0 Å². The van der Waals surface area contributed by atoms with Crippen molar-refractivity contribution in [1.82, 2.24) is 15.0 Å². The number of nitrogens with one attached hydrogen (secondary N) is 1. The molecule has 0 unspecified atom stereocenters. The van der Waals surface area contributed by atoms with Gasteiger partial charge in [-0.1, -0.05) is 0 Å². The summed E-state index contributed by atoms with van der Waals surface area (Å²) in [5.74, 6) is 0. The Kier molecular flexibility index (Phi) is 2.45. The lowest BCUT2D eigenvalue weighted by Gasteiger charge is -2.05. The van der Waals surface area contributed by atoms with Crippen LogP contribution in [0.15, 0.2) is 52.9 Å². The number of nitrogens with two attached hydrogens (primary N) is 1. The Labute approximate surface area is 102 Å². The fraction of sp³-hybridized carbons (Fsp3) is 0. The van der Waals surface area contributed by atoms with Crippen molar-refractivity contribution < 1.29 is 0 Å². The number of benzene rings is 1. The summed E-state index contributed by atoms with van der Waals surface area (Å²) in [5, 5.41) is 1.82. The predicted molar refractivity (Wildman–Crippen MR) is 68.9 cm³/mol. The highest BCUT2D eigenvalue weighted by molar-refractivity contribution is 7.99. The van der Waals surface area contributed by atoms with Gasteiger partial charge >= 0.3 is 0 Å². The molecule has 0 aliphatic rings. The van der Waals surface area contributed by atoms with E-state index < -0.39 is 0 Å². The smallest absolute Gasteiger partial charge is 0.170 e. The molecular weight excluding hydrogens is 232 g/mol. The number of nitrogen functional groups attached to an aromatic ring is 1. The third-order valence-electron chi connectivity index (χ3n) is 2.45. The van der Waals surface area contributed by atoms with Gasteiger partial charge in [-0.3, -0.25) is 4.98 Å². The number of hydrogen-bond acceptors (Lipinski definition) is 4. The van der Waals surface area contributed by atoms with Crippen molar-refractivity contribution in [2.24, 2.45) is 0 Å². The minimum absolute atomic E-state index is 0.747. The molecular formula is C12H10N4S. The predicted octanol–water partition coefficient (Wildman–Crippen LogP) is 2.69. The van der Waals surface area contributed by atoms with E-state index in [1.807, 2.05) is 24.3 Å². The van der Waals surface area contributed by atoms with Crippen LogP contribution in [0.2, 0.25) is 0 Å². The van der Waals surface area contributed by atoms with E-state index in [0.29, 0.717) is 0 Å². The second kappa shape index (κ2) is 4.10. The first-order valence-corrected chi connectivity index (χ1v) is 5.97. The van der Waals surface area contributed by atoms with E-state index in [2.05, 4.69) is 15.0 Å². The molecule has 2 heterocycles. The summed E-state index contributed by atoms with van der Waals surface area (Å²) in [6, 6.07) is 7.73. The number of aromatic amines is 1. The minimum atomic E-state index is 0.747. The number of fused-ring (bicyclic) bond motifs is 1. The fourth-order valence-corrected chi connectivity index (χ4v) is 2.51. The summed E-state index contributed by atoms with van der Waals surface area (Å²) >= 11 is 1.55. The highest BCUT2D eigenvalue weighted by Crippen LogP contribution is 2.32. The van der Waals surface area contributed by atoms with E-state index in [9.17, 15) is 0 Å². The molecule has 0 bridgehead atoms. The molecule has 0 saturated carbocycles. The zero-order valence-electron chi connectivity index (χ0n) is 8.92. The average molecular weight is 242 g/mol. The van der Waals surface area contributed by atoms with Gasteiger partial charge in [0, 0.05) is 34.6 Å². The molecule has 3 aromatic rings. The highest BCUT2D eigenvalue weighted by atomic mass is 32.2. The third kappa shape index (κ3) is 1.85. The van der Waals surface area contributed by atoms with Crippen molar-refractivity contribution in [3.63, 3.8) is 0 Å².